The molecule has 3 heteroatoms. The number of aryl methyl sites for hydroxylation is 1. The smallest absolute Gasteiger partial charge is 0.134 e. The summed E-state index contributed by atoms with van der Waals surface area (Å²) in [4.78, 5) is 2.42. The second-order valence-electron chi connectivity index (χ2n) is 4.60. The van der Waals surface area contributed by atoms with Crippen molar-refractivity contribution in [2.24, 2.45) is 0 Å². The summed E-state index contributed by atoms with van der Waals surface area (Å²) >= 11 is 0. The van der Waals surface area contributed by atoms with Crippen LogP contribution in [-0.4, -0.2) is 31.2 Å². The molecule has 0 amide bonds. The fraction of sp³-hybridized carbons (Fsp3) is 0.429. The van der Waals surface area contributed by atoms with Crippen molar-refractivity contribution < 1.29 is 9.15 Å². The first-order valence-electron chi connectivity index (χ1n) is 6.10. The molecule has 90 valence electrons. The molecule has 2 heterocycles. The van der Waals surface area contributed by atoms with Crippen LogP contribution in [0.5, 0.6) is 0 Å². The van der Waals surface area contributed by atoms with Gasteiger partial charge in [0.1, 0.15) is 5.58 Å². The molecule has 3 nitrogen and oxygen atoms in total. The van der Waals surface area contributed by atoms with E-state index in [1.165, 1.54) is 16.5 Å². The Morgan fingerprint density at radius 1 is 1.24 bits per heavy atom. The lowest BCUT2D eigenvalue weighted by Crippen LogP contribution is -2.35. The molecule has 0 aliphatic carbocycles. The van der Waals surface area contributed by atoms with E-state index < -0.39 is 0 Å². The maximum atomic E-state index is 5.61. The molecule has 0 bridgehead atoms. The van der Waals surface area contributed by atoms with E-state index in [4.69, 9.17) is 9.15 Å². The van der Waals surface area contributed by atoms with Crippen molar-refractivity contribution in [3.05, 3.63) is 35.6 Å². The molecular formula is C14H17NO2. The van der Waals surface area contributed by atoms with Gasteiger partial charge in [-0.1, -0.05) is 12.1 Å². The van der Waals surface area contributed by atoms with Crippen LogP contribution in [-0.2, 0) is 11.3 Å². The number of furan rings is 1. The van der Waals surface area contributed by atoms with E-state index in [0.29, 0.717) is 0 Å². The largest absolute Gasteiger partial charge is 0.464 e. The van der Waals surface area contributed by atoms with Crippen LogP contribution in [0.15, 0.2) is 28.9 Å². The Labute approximate surface area is 101 Å². The van der Waals surface area contributed by atoms with E-state index in [0.717, 1.165) is 38.4 Å². The van der Waals surface area contributed by atoms with Crippen molar-refractivity contribution >= 4 is 11.0 Å². The third kappa shape index (κ3) is 2.08. The highest BCUT2D eigenvalue weighted by molar-refractivity contribution is 5.84. The van der Waals surface area contributed by atoms with Crippen LogP contribution in [0.4, 0.5) is 0 Å². The van der Waals surface area contributed by atoms with Crippen molar-refractivity contribution in [1.29, 1.82) is 0 Å². The van der Waals surface area contributed by atoms with Gasteiger partial charge in [-0.05, 0) is 18.6 Å². The molecule has 3 rings (SSSR count). The minimum absolute atomic E-state index is 0.842. The number of nitrogens with zero attached hydrogens (tertiary/aromatic N) is 1. The zero-order valence-corrected chi connectivity index (χ0v) is 10.1. The first-order valence-corrected chi connectivity index (χ1v) is 6.10. The van der Waals surface area contributed by atoms with Crippen LogP contribution in [0.2, 0.25) is 0 Å². The van der Waals surface area contributed by atoms with Crippen LogP contribution in [0.1, 0.15) is 11.1 Å². The fourth-order valence-electron chi connectivity index (χ4n) is 2.46. The molecule has 1 aliphatic rings. The van der Waals surface area contributed by atoms with Gasteiger partial charge in [0.25, 0.3) is 0 Å². The normalized spacial score (nSPS) is 17.7. The van der Waals surface area contributed by atoms with Crippen LogP contribution in [0.3, 0.4) is 0 Å². The first-order chi connectivity index (χ1) is 8.34. The molecule has 0 radical (unpaired) electrons. The highest BCUT2D eigenvalue weighted by Crippen LogP contribution is 2.25. The highest BCUT2D eigenvalue weighted by atomic mass is 16.5. The van der Waals surface area contributed by atoms with E-state index in [-0.39, 0.29) is 0 Å². The van der Waals surface area contributed by atoms with Gasteiger partial charge in [-0.25, -0.2) is 0 Å². The van der Waals surface area contributed by atoms with Crippen molar-refractivity contribution in [2.45, 2.75) is 13.5 Å². The number of hydrogen-bond donors (Lipinski definition) is 0. The number of benzene rings is 1. The average Bonchev–Trinajstić information content (AvgIpc) is 2.75. The summed E-state index contributed by atoms with van der Waals surface area (Å²) in [5.41, 5.74) is 3.58. The summed E-state index contributed by atoms with van der Waals surface area (Å²) in [6.07, 6.45) is 1.90. The molecule has 1 aromatic heterocycles. The molecule has 0 atom stereocenters. The molecule has 1 saturated heterocycles. The summed E-state index contributed by atoms with van der Waals surface area (Å²) in [5.74, 6) is 0. The molecule has 17 heavy (non-hydrogen) atoms. The summed E-state index contributed by atoms with van der Waals surface area (Å²) in [7, 11) is 0. The zero-order chi connectivity index (χ0) is 11.7. The van der Waals surface area contributed by atoms with Crippen molar-refractivity contribution in [3.8, 4) is 0 Å². The maximum absolute atomic E-state index is 5.61. The third-order valence-electron chi connectivity index (χ3n) is 3.38. The number of rotatable bonds is 2. The Morgan fingerprint density at radius 3 is 2.88 bits per heavy atom. The van der Waals surface area contributed by atoms with Gasteiger partial charge in [0.2, 0.25) is 0 Å². The van der Waals surface area contributed by atoms with Gasteiger partial charge in [0.05, 0.1) is 19.5 Å². The van der Waals surface area contributed by atoms with Gasteiger partial charge in [-0.2, -0.15) is 0 Å². The Kier molecular flexibility index (Phi) is 2.87. The lowest BCUT2D eigenvalue weighted by atomic mass is 10.1. The summed E-state index contributed by atoms with van der Waals surface area (Å²) in [6, 6.07) is 6.21. The lowest BCUT2D eigenvalue weighted by molar-refractivity contribution is 0.0342. The van der Waals surface area contributed by atoms with E-state index >= 15 is 0 Å². The van der Waals surface area contributed by atoms with E-state index in [1.54, 1.807) is 0 Å². The Morgan fingerprint density at radius 2 is 2.06 bits per heavy atom. The molecule has 0 unspecified atom stereocenters. The second kappa shape index (κ2) is 4.51. The van der Waals surface area contributed by atoms with Crippen LogP contribution in [0, 0.1) is 6.92 Å². The number of hydrogen-bond acceptors (Lipinski definition) is 3. The van der Waals surface area contributed by atoms with E-state index in [1.807, 2.05) is 18.4 Å². The monoisotopic (exact) mass is 231 g/mol. The summed E-state index contributed by atoms with van der Waals surface area (Å²) in [5, 5.41) is 1.28. The summed E-state index contributed by atoms with van der Waals surface area (Å²) in [6.45, 7) is 6.81. The van der Waals surface area contributed by atoms with Gasteiger partial charge >= 0.3 is 0 Å². The molecular weight excluding hydrogens is 214 g/mol. The number of morpholine rings is 1. The van der Waals surface area contributed by atoms with Crippen molar-refractivity contribution in [2.75, 3.05) is 26.3 Å². The molecule has 2 aromatic rings. The standard InChI is InChI=1S/C14H17NO2/c1-11-3-2-4-13-14(11)12(10-17-13)9-15-5-7-16-8-6-15/h2-4,10H,5-9H2,1H3. The number of fused-ring (bicyclic) bond motifs is 1. The molecule has 0 spiro atoms. The molecule has 1 aliphatic heterocycles. The van der Waals surface area contributed by atoms with Gasteiger partial charge in [0, 0.05) is 30.6 Å². The van der Waals surface area contributed by atoms with Crippen molar-refractivity contribution in [1.82, 2.24) is 4.90 Å². The number of ether oxygens (including phenoxy) is 1. The Balaban J connectivity index is 1.89. The van der Waals surface area contributed by atoms with Gasteiger partial charge < -0.3 is 9.15 Å². The third-order valence-corrected chi connectivity index (χ3v) is 3.38. The van der Waals surface area contributed by atoms with E-state index in [2.05, 4.69) is 17.9 Å². The molecule has 1 aromatic carbocycles. The van der Waals surface area contributed by atoms with E-state index in [9.17, 15) is 0 Å². The van der Waals surface area contributed by atoms with Crippen LogP contribution >= 0.6 is 0 Å². The molecule has 0 N–H and O–H groups in total. The lowest BCUT2D eigenvalue weighted by Gasteiger charge is -2.26. The van der Waals surface area contributed by atoms with Crippen LogP contribution < -0.4 is 0 Å². The second-order valence-corrected chi connectivity index (χ2v) is 4.60. The summed E-state index contributed by atoms with van der Waals surface area (Å²) < 4.78 is 11.0. The minimum atomic E-state index is 0.842. The minimum Gasteiger partial charge on any atom is -0.464 e. The quantitative estimate of drug-likeness (QED) is 0.794. The predicted octanol–water partition coefficient (Wildman–Crippen LogP) is 2.57. The predicted molar refractivity (Wildman–Crippen MR) is 67.0 cm³/mol. The topological polar surface area (TPSA) is 25.6 Å². The zero-order valence-electron chi connectivity index (χ0n) is 10.1. The van der Waals surface area contributed by atoms with Gasteiger partial charge in [0.15, 0.2) is 0 Å². The maximum Gasteiger partial charge on any atom is 0.134 e. The first kappa shape index (κ1) is 10.8. The Hall–Kier alpha value is -1.32. The fourth-order valence-corrected chi connectivity index (χ4v) is 2.46. The Bertz CT molecular complexity index is 512. The van der Waals surface area contributed by atoms with Crippen molar-refractivity contribution in [3.63, 3.8) is 0 Å². The highest BCUT2D eigenvalue weighted by Gasteiger charge is 2.14. The molecule has 1 fully saturated rings. The van der Waals surface area contributed by atoms with Gasteiger partial charge in [-0.3, -0.25) is 4.90 Å². The average molecular weight is 231 g/mol. The van der Waals surface area contributed by atoms with Crippen LogP contribution in [0.25, 0.3) is 11.0 Å². The molecule has 0 saturated carbocycles. The SMILES string of the molecule is Cc1cccc2occ(CN3CCOCC3)c12. The van der Waals surface area contributed by atoms with Gasteiger partial charge in [-0.15, -0.1) is 0 Å².